The molecule has 122 valence electrons. The van der Waals surface area contributed by atoms with Gasteiger partial charge in [0.15, 0.2) is 0 Å². The average Bonchev–Trinajstić information content (AvgIpc) is 3.30. The fraction of sp³-hybridized carbons (Fsp3) is 0.471. The summed E-state index contributed by atoms with van der Waals surface area (Å²) in [4.78, 5) is 37.8. The van der Waals surface area contributed by atoms with Gasteiger partial charge in [-0.1, -0.05) is 6.07 Å². The molecule has 3 rings (SSSR count). The van der Waals surface area contributed by atoms with Crippen molar-refractivity contribution in [3.8, 4) is 0 Å². The van der Waals surface area contributed by atoms with Crippen molar-refractivity contribution in [3.63, 3.8) is 0 Å². The molecule has 1 atom stereocenters. The third-order valence-corrected chi connectivity index (χ3v) is 4.43. The Kier molecular flexibility index (Phi) is 4.07. The summed E-state index contributed by atoms with van der Waals surface area (Å²) in [5, 5.41) is 2.85. The number of nitrogens with one attached hydrogen (secondary N) is 1. The number of methoxy groups -OCH3 is 1. The monoisotopic (exact) mass is 316 g/mol. The number of hydrogen-bond donors (Lipinski definition) is 1. The molecule has 6 heteroatoms. The minimum absolute atomic E-state index is 0.0627. The summed E-state index contributed by atoms with van der Waals surface area (Å²) < 4.78 is 4.69. The molecule has 23 heavy (non-hydrogen) atoms. The summed E-state index contributed by atoms with van der Waals surface area (Å²) in [6.07, 6.45) is 2.35. The van der Waals surface area contributed by atoms with Crippen LogP contribution in [0.1, 0.15) is 35.2 Å². The van der Waals surface area contributed by atoms with Gasteiger partial charge in [-0.2, -0.15) is 0 Å². The van der Waals surface area contributed by atoms with Gasteiger partial charge < -0.3 is 15.0 Å². The lowest BCUT2D eigenvalue weighted by Crippen LogP contribution is -2.30. The Labute approximate surface area is 134 Å². The summed E-state index contributed by atoms with van der Waals surface area (Å²) in [5.74, 6) is -0.889. The van der Waals surface area contributed by atoms with Gasteiger partial charge in [-0.25, -0.2) is 4.79 Å². The highest BCUT2D eigenvalue weighted by molar-refractivity contribution is 5.99. The Balaban J connectivity index is 1.70. The maximum atomic E-state index is 12.4. The zero-order valence-corrected chi connectivity index (χ0v) is 13.3. The van der Waals surface area contributed by atoms with E-state index in [1.807, 2.05) is 11.8 Å². The minimum atomic E-state index is -0.448. The molecule has 0 bridgehead atoms. The Morgan fingerprint density at radius 3 is 2.70 bits per heavy atom. The normalized spacial score (nSPS) is 20.5. The van der Waals surface area contributed by atoms with Crippen molar-refractivity contribution in [1.82, 2.24) is 4.90 Å². The molecule has 2 amide bonds. The molecule has 1 saturated heterocycles. The number of nitrogens with zero attached hydrogens (tertiary/aromatic N) is 1. The molecule has 2 aliphatic rings. The zero-order chi connectivity index (χ0) is 16.6. The molecule has 1 aromatic carbocycles. The second-order valence-electron chi connectivity index (χ2n) is 6.19. The third-order valence-electron chi connectivity index (χ3n) is 4.43. The van der Waals surface area contributed by atoms with Gasteiger partial charge in [-0.3, -0.25) is 9.59 Å². The first kappa shape index (κ1) is 15.5. The second kappa shape index (κ2) is 6.02. The van der Waals surface area contributed by atoms with Crippen LogP contribution in [0, 0.1) is 12.8 Å². The SMILES string of the molecule is COC(=O)c1ccc(C)c(NC(=O)[C@@H]2CC(=O)N(C3CC3)C2)c1. The van der Waals surface area contributed by atoms with Crippen molar-refractivity contribution in [2.45, 2.75) is 32.2 Å². The van der Waals surface area contributed by atoms with Crippen LogP contribution in [-0.2, 0) is 14.3 Å². The first-order valence-electron chi connectivity index (χ1n) is 7.79. The average molecular weight is 316 g/mol. The number of benzene rings is 1. The number of ether oxygens (including phenoxy) is 1. The van der Waals surface area contributed by atoms with Crippen molar-refractivity contribution in [2.75, 3.05) is 19.0 Å². The lowest BCUT2D eigenvalue weighted by molar-refractivity contribution is -0.128. The number of anilines is 1. The van der Waals surface area contributed by atoms with E-state index in [0.717, 1.165) is 18.4 Å². The smallest absolute Gasteiger partial charge is 0.337 e. The molecule has 0 aromatic heterocycles. The van der Waals surface area contributed by atoms with Gasteiger partial charge in [0.25, 0.3) is 0 Å². The fourth-order valence-corrected chi connectivity index (χ4v) is 2.88. The van der Waals surface area contributed by atoms with E-state index in [9.17, 15) is 14.4 Å². The molecule has 2 fully saturated rings. The summed E-state index contributed by atoms with van der Waals surface area (Å²) in [5.41, 5.74) is 1.82. The van der Waals surface area contributed by atoms with Crippen LogP contribution < -0.4 is 5.32 Å². The molecule has 0 spiro atoms. The van der Waals surface area contributed by atoms with Crippen molar-refractivity contribution in [3.05, 3.63) is 29.3 Å². The lowest BCUT2D eigenvalue weighted by atomic mass is 10.1. The van der Waals surface area contributed by atoms with E-state index in [1.54, 1.807) is 18.2 Å². The number of likely N-dealkylation sites (tertiary alicyclic amines) is 1. The predicted octanol–water partition coefficient (Wildman–Crippen LogP) is 1.73. The highest BCUT2D eigenvalue weighted by Crippen LogP contribution is 2.33. The Morgan fingerprint density at radius 1 is 1.30 bits per heavy atom. The number of hydrogen-bond acceptors (Lipinski definition) is 4. The molecule has 1 heterocycles. The molecule has 1 aliphatic carbocycles. The minimum Gasteiger partial charge on any atom is -0.465 e. The van der Waals surface area contributed by atoms with Crippen LogP contribution >= 0.6 is 0 Å². The van der Waals surface area contributed by atoms with Crippen LogP contribution in [-0.4, -0.2) is 42.4 Å². The summed E-state index contributed by atoms with van der Waals surface area (Å²) in [6.45, 7) is 2.35. The van der Waals surface area contributed by atoms with E-state index in [1.165, 1.54) is 7.11 Å². The molecule has 1 aliphatic heterocycles. The van der Waals surface area contributed by atoms with Crippen molar-refractivity contribution < 1.29 is 19.1 Å². The van der Waals surface area contributed by atoms with Crippen molar-refractivity contribution in [2.24, 2.45) is 5.92 Å². The summed E-state index contributed by atoms with van der Waals surface area (Å²) in [7, 11) is 1.32. The number of carbonyl (C=O) groups excluding carboxylic acids is 3. The van der Waals surface area contributed by atoms with Gasteiger partial charge in [0, 0.05) is 24.7 Å². The van der Waals surface area contributed by atoms with Crippen LogP contribution in [0.3, 0.4) is 0 Å². The second-order valence-corrected chi connectivity index (χ2v) is 6.19. The van der Waals surface area contributed by atoms with Crippen LogP contribution in [0.4, 0.5) is 5.69 Å². The van der Waals surface area contributed by atoms with Gasteiger partial charge in [0.05, 0.1) is 18.6 Å². The number of aryl methyl sites for hydroxylation is 1. The Morgan fingerprint density at radius 2 is 2.04 bits per heavy atom. The molecule has 6 nitrogen and oxygen atoms in total. The first-order chi connectivity index (χ1) is 11.0. The van der Waals surface area contributed by atoms with E-state index in [-0.39, 0.29) is 24.2 Å². The molecule has 1 aromatic rings. The molecular formula is C17H20N2O4. The Bertz CT molecular complexity index is 667. The molecular weight excluding hydrogens is 296 g/mol. The fourth-order valence-electron chi connectivity index (χ4n) is 2.88. The first-order valence-corrected chi connectivity index (χ1v) is 7.79. The molecule has 0 unspecified atom stereocenters. The van der Waals surface area contributed by atoms with Gasteiger partial charge >= 0.3 is 5.97 Å². The number of carbonyl (C=O) groups is 3. The standard InChI is InChI=1S/C17H20N2O4/c1-10-3-4-11(17(22)23-2)7-14(10)18-16(21)12-8-15(20)19(9-12)13-5-6-13/h3-4,7,12-13H,5-6,8-9H2,1-2H3,(H,18,21)/t12-/m1/s1. The van der Waals surface area contributed by atoms with Gasteiger partial charge in [-0.05, 0) is 37.5 Å². The van der Waals surface area contributed by atoms with Crippen LogP contribution in [0.15, 0.2) is 18.2 Å². The van der Waals surface area contributed by atoms with E-state index in [0.29, 0.717) is 23.8 Å². The third kappa shape index (κ3) is 3.21. The largest absolute Gasteiger partial charge is 0.465 e. The van der Waals surface area contributed by atoms with Gasteiger partial charge in [0.1, 0.15) is 0 Å². The lowest BCUT2D eigenvalue weighted by Gasteiger charge is -2.16. The predicted molar refractivity (Wildman–Crippen MR) is 84.0 cm³/mol. The topological polar surface area (TPSA) is 75.7 Å². The highest BCUT2D eigenvalue weighted by Gasteiger charge is 2.41. The molecule has 1 N–H and O–H groups in total. The van der Waals surface area contributed by atoms with Crippen LogP contribution in [0.2, 0.25) is 0 Å². The summed E-state index contributed by atoms with van der Waals surface area (Å²) >= 11 is 0. The molecule has 0 radical (unpaired) electrons. The van der Waals surface area contributed by atoms with E-state index in [2.05, 4.69) is 5.32 Å². The highest BCUT2D eigenvalue weighted by atomic mass is 16.5. The maximum Gasteiger partial charge on any atom is 0.337 e. The van der Waals surface area contributed by atoms with Gasteiger partial charge in [-0.15, -0.1) is 0 Å². The van der Waals surface area contributed by atoms with Gasteiger partial charge in [0.2, 0.25) is 11.8 Å². The number of amides is 2. The van der Waals surface area contributed by atoms with Crippen LogP contribution in [0.25, 0.3) is 0 Å². The molecule has 1 saturated carbocycles. The van der Waals surface area contributed by atoms with Crippen LogP contribution in [0.5, 0.6) is 0 Å². The summed E-state index contributed by atoms with van der Waals surface area (Å²) in [6, 6.07) is 5.36. The zero-order valence-electron chi connectivity index (χ0n) is 13.3. The van der Waals surface area contributed by atoms with E-state index < -0.39 is 5.97 Å². The number of esters is 1. The number of rotatable bonds is 4. The maximum absolute atomic E-state index is 12.4. The van der Waals surface area contributed by atoms with E-state index >= 15 is 0 Å². The quantitative estimate of drug-likeness (QED) is 0.858. The Hall–Kier alpha value is -2.37. The van der Waals surface area contributed by atoms with Crippen molar-refractivity contribution in [1.29, 1.82) is 0 Å². The van der Waals surface area contributed by atoms with E-state index in [4.69, 9.17) is 4.74 Å². The van der Waals surface area contributed by atoms with Crippen molar-refractivity contribution >= 4 is 23.5 Å².